The first-order valence-corrected chi connectivity index (χ1v) is 13.5. The minimum Gasteiger partial charge on any atom is -1.00 e. The lowest BCUT2D eigenvalue weighted by atomic mass is 9.84. The quantitative estimate of drug-likeness (QED) is 0.246. The van der Waals surface area contributed by atoms with Crippen LogP contribution in [-0.4, -0.2) is 48.0 Å². The molecule has 3 aliphatic heterocycles. The van der Waals surface area contributed by atoms with Crippen molar-refractivity contribution in [2.75, 3.05) is 26.2 Å². The second kappa shape index (κ2) is 10.9. The van der Waals surface area contributed by atoms with Crippen LogP contribution in [0.25, 0.3) is 0 Å². The van der Waals surface area contributed by atoms with Crippen LogP contribution in [0.2, 0.25) is 0 Å². The number of quaternary nitrogens is 1. The Bertz CT molecular complexity index is 1000. The van der Waals surface area contributed by atoms with Gasteiger partial charge < -0.3 is 31.6 Å². The highest BCUT2D eigenvalue weighted by atomic mass is 79.9. The Morgan fingerprint density at radius 2 is 1.68 bits per heavy atom. The summed E-state index contributed by atoms with van der Waals surface area (Å²) in [6.45, 7) is 3.58. The maximum absolute atomic E-state index is 13.6. The van der Waals surface area contributed by atoms with Gasteiger partial charge in [0.05, 0.1) is 26.2 Å². The molecule has 6 rings (SSSR count). The van der Waals surface area contributed by atoms with Crippen LogP contribution >= 0.6 is 22.7 Å². The van der Waals surface area contributed by atoms with Crippen molar-refractivity contribution in [2.45, 2.75) is 37.5 Å². The zero-order valence-corrected chi connectivity index (χ0v) is 22.2. The summed E-state index contributed by atoms with van der Waals surface area (Å²) in [5.41, 5.74) is -0.609. The number of esters is 1. The highest BCUT2D eigenvalue weighted by Crippen LogP contribution is 2.41. The van der Waals surface area contributed by atoms with E-state index in [1.54, 1.807) is 0 Å². The van der Waals surface area contributed by atoms with Gasteiger partial charge in [-0.25, -0.2) is 4.79 Å². The van der Waals surface area contributed by atoms with E-state index in [1.807, 2.05) is 64.0 Å². The van der Waals surface area contributed by atoms with Gasteiger partial charge in [-0.3, -0.25) is 4.48 Å². The Kier molecular flexibility index (Phi) is 8.15. The smallest absolute Gasteiger partial charge is 0.352 e. The Morgan fingerprint density at radius 3 is 2.26 bits per heavy atom. The molecule has 5 heterocycles. The number of halogens is 1. The number of thiophene rings is 2. The molecule has 1 aromatic carbocycles. The third-order valence-electron chi connectivity index (χ3n) is 7.29. The summed E-state index contributed by atoms with van der Waals surface area (Å²) in [6.07, 6.45) is 3.90. The highest BCUT2D eigenvalue weighted by Gasteiger charge is 2.52. The number of hydrogen-bond donors (Lipinski definition) is 1. The van der Waals surface area contributed by atoms with Crippen molar-refractivity contribution in [3.05, 3.63) is 75.1 Å². The highest BCUT2D eigenvalue weighted by molar-refractivity contribution is 7.08. The molecule has 0 saturated carbocycles. The molecule has 1 N–H and O–H groups in total. The molecule has 1 atom stereocenters. The summed E-state index contributed by atoms with van der Waals surface area (Å²) in [4.78, 5) is 13.6. The van der Waals surface area contributed by atoms with E-state index in [9.17, 15) is 9.90 Å². The fourth-order valence-electron chi connectivity index (χ4n) is 5.33. The molecule has 5 nitrogen and oxygen atoms in total. The fraction of sp³-hybridized carbons (Fsp3) is 0.423. The van der Waals surface area contributed by atoms with Gasteiger partial charge in [0.25, 0.3) is 0 Å². The number of carbonyl (C=O) groups excluding carboxylic acids is 1. The van der Waals surface area contributed by atoms with Crippen LogP contribution in [0, 0.1) is 5.92 Å². The average molecular weight is 565 g/mol. The molecule has 3 aliphatic rings. The van der Waals surface area contributed by atoms with Crippen LogP contribution in [0.3, 0.4) is 0 Å². The molecule has 2 bridgehead atoms. The van der Waals surface area contributed by atoms with Gasteiger partial charge in [-0.15, -0.1) is 0 Å². The summed E-state index contributed by atoms with van der Waals surface area (Å²) in [6, 6.07) is 13.5. The second-order valence-corrected chi connectivity index (χ2v) is 10.7. The van der Waals surface area contributed by atoms with Crippen molar-refractivity contribution in [2.24, 2.45) is 5.92 Å². The molecular weight excluding hydrogens is 534 g/mol. The van der Waals surface area contributed by atoms with E-state index in [4.69, 9.17) is 9.47 Å². The van der Waals surface area contributed by atoms with E-state index in [1.165, 1.54) is 35.5 Å². The Balaban J connectivity index is 0.00000274. The van der Waals surface area contributed by atoms with Gasteiger partial charge in [-0.1, -0.05) is 18.2 Å². The number of hydrogen-bond acceptors (Lipinski definition) is 6. The molecule has 2 aromatic heterocycles. The zero-order chi connectivity index (χ0) is 22.7. The second-order valence-electron chi connectivity index (χ2n) is 9.18. The zero-order valence-electron chi connectivity index (χ0n) is 19.0. The first kappa shape index (κ1) is 25.4. The maximum atomic E-state index is 13.6. The third kappa shape index (κ3) is 4.97. The van der Waals surface area contributed by atoms with Gasteiger partial charge in [-0.05, 0) is 51.7 Å². The van der Waals surface area contributed by atoms with Crippen LogP contribution in [0.15, 0.2) is 64.0 Å². The van der Waals surface area contributed by atoms with Crippen LogP contribution in [-0.2, 0) is 15.1 Å². The third-order valence-corrected chi connectivity index (χ3v) is 8.65. The molecule has 3 saturated heterocycles. The maximum Gasteiger partial charge on any atom is 0.352 e. The predicted octanol–water partition coefficient (Wildman–Crippen LogP) is 2.02. The van der Waals surface area contributed by atoms with Gasteiger partial charge in [-0.2, -0.15) is 22.7 Å². The minimum atomic E-state index is -1.77. The largest absolute Gasteiger partial charge is 1.00 e. The lowest BCUT2D eigenvalue weighted by Gasteiger charge is -2.53. The lowest BCUT2D eigenvalue weighted by Crippen LogP contribution is -3.00. The topological polar surface area (TPSA) is 55.8 Å². The normalized spacial score (nSPS) is 23.8. The first-order valence-electron chi connectivity index (χ1n) is 11.6. The number of aliphatic hydroxyl groups is 1. The molecule has 34 heavy (non-hydrogen) atoms. The van der Waals surface area contributed by atoms with Gasteiger partial charge >= 0.3 is 5.97 Å². The molecule has 0 spiro atoms. The number of piperidine rings is 3. The molecule has 0 amide bonds. The van der Waals surface area contributed by atoms with E-state index in [2.05, 4.69) is 0 Å². The van der Waals surface area contributed by atoms with Crippen molar-refractivity contribution < 1.29 is 40.8 Å². The molecular formula is C26H30BrNO4S2. The van der Waals surface area contributed by atoms with E-state index < -0.39 is 11.6 Å². The number of carbonyl (C=O) groups is 1. The van der Waals surface area contributed by atoms with Crippen molar-refractivity contribution in [3.8, 4) is 5.75 Å². The molecule has 0 aliphatic carbocycles. The van der Waals surface area contributed by atoms with E-state index in [0.717, 1.165) is 42.7 Å². The first-order chi connectivity index (χ1) is 16.1. The van der Waals surface area contributed by atoms with Crippen LogP contribution in [0.5, 0.6) is 5.75 Å². The Labute approximate surface area is 219 Å². The SMILES string of the molecule is O=C(O[C@@H]1CC2CC[N+]1(CCCOc1ccccc1)CC2)C(O)(c1ccsc1)c1ccsc1.[Br-]. The predicted molar refractivity (Wildman–Crippen MR) is 130 cm³/mol. The van der Waals surface area contributed by atoms with Crippen molar-refractivity contribution >= 4 is 28.6 Å². The summed E-state index contributed by atoms with van der Waals surface area (Å²) < 4.78 is 12.9. The van der Waals surface area contributed by atoms with Crippen molar-refractivity contribution in [3.63, 3.8) is 0 Å². The van der Waals surface area contributed by atoms with Crippen LogP contribution in [0.4, 0.5) is 0 Å². The molecule has 3 aromatic rings. The number of benzene rings is 1. The number of ether oxygens (including phenoxy) is 2. The molecule has 182 valence electrons. The van der Waals surface area contributed by atoms with Crippen molar-refractivity contribution in [1.29, 1.82) is 0 Å². The van der Waals surface area contributed by atoms with Gasteiger partial charge in [0, 0.05) is 36.8 Å². The molecule has 8 heteroatoms. The number of fused-ring (bicyclic) bond motifs is 3. The van der Waals surface area contributed by atoms with Gasteiger partial charge in [0.1, 0.15) is 5.75 Å². The van der Waals surface area contributed by atoms with Crippen molar-refractivity contribution in [1.82, 2.24) is 0 Å². The minimum absolute atomic E-state index is 0. The summed E-state index contributed by atoms with van der Waals surface area (Å²) in [5.74, 6) is 0.920. The fourth-order valence-corrected chi connectivity index (χ4v) is 6.73. The summed E-state index contributed by atoms with van der Waals surface area (Å²) >= 11 is 2.94. The monoisotopic (exact) mass is 563 g/mol. The number of nitrogens with zero attached hydrogens (tertiary/aromatic N) is 1. The van der Waals surface area contributed by atoms with E-state index >= 15 is 0 Å². The van der Waals surface area contributed by atoms with E-state index in [-0.39, 0.29) is 23.2 Å². The average Bonchev–Trinajstić information content (AvgIpc) is 3.58. The summed E-state index contributed by atoms with van der Waals surface area (Å²) in [5, 5.41) is 19.1. The lowest BCUT2D eigenvalue weighted by molar-refractivity contribution is -0.984. The Hall–Kier alpha value is -1.71. The standard InChI is InChI=1S/C26H30NO4S2.BrH/c28-25(26(29,21-9-15-32-18-21)22-10-16-33-19-22)31-24-17-20-7-12-27(24,13-8-20)11-4-14-30-23-5-2-1-3-6-23;/h1-3,5-6,9-10,15-16,18-20,24,29H,4,7-8,11-14,17H2;1H/q+1;/p-1/t20?,24-,27?;/m1./s1. The number of para-hydroxylation sites is 1. The van der Waals surface area contributed by atoms with Crippen LogP contribution < -0.4 is 21.7 Å². The summed E-state index contributed by atoms with van der Waals surface area (Å²) in [7, 11) is 0. The molecule has 0 unspecified atom stereocenters. The van der Waals surface area contributed by atoms with Gasteiger partial charge in [0.15, 0.2) is 0 Å². The van der Waals surface area contributed by atoms with Gasteiger partial charge in [0.2, 0.25) is 11.8 Å². The van der Waals surface area contributed by atoms with Crippen LogP contribution in [0.1, 0.15) is 36.8 Å². The number of rotatable bonds is 9. The Morgan fingerprint density at radius 1 is 1.03 bits per heavy atom. The molecule has 3 fully saturated rings. The van der Waals surface area contributed by atoms with E-state index in [0.29, 0.717) is 23.7 Å². The molecule has 0 radical (unpaired) electrons.